The van der Waals surface area contributed by atoms with E-state index in [0.717, 1.165) is 5.56 Å². The standard InChI is InChI=1S/C26H33N5O5S/c1-25(2,3)36-24(34)28-26(4,16-17-12-10-9-11-13-17)23-30-29-21(35-23)18-14-19(22(32)33)27-20(15-18)31(5)37(6,7)8/h9-15H,6-7,16H2,1-5,8H3,(H,28,34)(H,32,33). The third-order valence-electron chi connectivity index (χ3n) is 5.34. The third kappa shape index (κ3) is 7.10. The molecule has 0 bridgehead atoms. The second-order valence-corrected chi connectivity index (χ2v) is 13.2. The Bertz CT molecular complexity index is 1400. The number of carboxylic acid groups (broad SMARTS) is 1. The number of nitrogens with one attached hydrogen (secondary N) is 1. The summed E-state index contributed by atoms with van der Waals surface area (Å²) in [6, 6.07) is 12.5. The predicted molar refractivity (Wildman–Crippen MR) is 148 cm³/mol. The molecule has 0 radical (unpaired) electrons. The Labute approximate surface area is 217 Å². The van der Waals surface area contributed by atoms with Gasteiger partial charge in [0.2, 0.25) is 11.8 Å². The van der Waals surface area contributed by atoms with Crippen molar-refractivity contribution in [2.24, 2.45) is 0 Å². The van der Waals surface area contributed by atoms with Crippen molar-refractivity contribution in [2.45, 2.75) is 45.3 Å². The summed E-state index contributed by atoms with van der Waals surface area (Å²) in [6.45, 7) is 7.08. The van der Waals surface area contributed by atoms with Gasteiger partial charge in [-0.05, 0) is 51.6 Å². The summed E-state index contributed by atoms with van der Waals surface area (Å²) in [5.74, 6) is 7.47. The number of pyridine rings is 1. The molecule has 10 nitrogen and oxygen atoms in total. The molecule has 2 N–H and O–H groups in total. The number of carbonyl (C=O) groups excluding carboxylic acids is 1. The van der Waals surface area contributed by atoms with E-state index in [0.29, 0.717) is 17.8 Å². The number of alkyl carbamates (subject to hydrolysis) is 1. The molecule has 1 amide bonds. The van der Waals surface area contributed by atoms with E-state index < -0.39 is 32.6 Å². The summed E-state index contributed by atoms with van der Waals surface area (Å²) < 4.78 is 13.2. The molecule has 0 aliphatic carbocycles. The van der Waals surface area contributed by atoms with Gasteiger partial charge in [0.25, 0.3) is 0 Å². The first kappa shape index (κ1) is 27.7. The molecule has 2 aromatic heterocycles. The molecule has 2 heterocycles. The Kier molecular flexibility index (Phi) is 7.68. The van der Waals surface area contributed by atoms with E-state index in [9.17, 15) is 14.7 Å². The highest BCUT2D eigenvalue weighted by Gasteiger charge is 2.37. The van der Waals surface area contributed by atoms with Crippen LogP contribution in [0.4, 0.5) is 10.6 Å². The molecule has 3 rings (SSSR count). The lowest BCUT2D eigenvalue weighted by atomic mass is 9.92. The van der Waals surface area contributed by atoms with Crippen LogP contribution in [0.1, 0.15) is 49.6 Å². The minimum absolute atomic E-state index is 0.0738. The van der Waals surface area contributed by atoms with Gasteiger partial charge in [0.05, 0.1) is 0 Å². The maximum Gasteiger partial charge on any atom is 0.408 e. The van der Waals surface area contributed by atoms with Crippen LogP contribution in [0.15, 0.2) is 46.9 Å². The maximum atomic E-state index is 12.7. The number of nitrogens with zero attached hydrogens (tertiary/aromatic N) is 4. The fourth-order valence-corrected chi connectivity index (χ4v) is 3.95. The van der Waals surface area contributed by atoms with Crippen molar-refractivity contribution in [3.05, 3.63) is 59.6 Å². The number of hydrogen-bond donors (Lipinski definition) is 2. The molecule has 0 spiro atoms. The first-order chi connectivity index (χ1) is 17.1. The van der Waals surface area contributed by atoms with E-state index in [1.165, 1.54) is 6.07 Å². The zero-order valence-electron chi connectivity index (χ0n) is 21.9. The number of amides is 1. The van der Waals surface area contributed by atoms with Gasteiger partial charge in [-0.1, -0.05) is 42.1 Å². The third-order valence-corrected chi connectivity index (χ3v) is 6.85. The van der Waals surface area contributed by atoms with Crippen molar-refractivity contribution in [1.82, 2.24) is 20.5 Å². The van der Waals surface area contributed by atoms with Gasteiger partial charge in [-0.2, -0.15) is 0 Å². The van der Waals surface area contributed by atoms with E-state index >= 15 is 0 Å². The predicted octanol–water partition coefficient (Wildman–Crippen LogP) is 4.46. The normalized spacial score (nSPS) is 13.5. The van der Waals surface area contributed by atoms with Crippen LogP contribution in [0.3, 0.4) is 0 Å². The van der Waals surface area contributed by atoms with Crippen molar-refractivity contribution in [2.75, 3.05) is 17.6 Å². The number of hydrogen-bond acceptors (Lipinski definition) is 8. The number of carboxylic acids is 1. The monoisotopic (exact) mass is 527 g/mol. The molecule has 11 heteroatoms. The number of aromatic carboxylic acids is 1. The van der Waals surface area contributed by atoms with Crippen LogP contribution in [0, 0.1) is 0 Å². The zero-order chi connectivity index (χ0) is 27.6. The lowest BCUT2D eigenvalue weighted by molar-refractivity contribution is 0.0443. The first-order valence-electron chi connectivity index (χ1n) is 11.4. The van der Waals surface area contributed by atoms with E-state index in [1.807, 2.05) is 36.6 Å². The molecule has 0 aliphatic heterocycles. The molecule has 0 saturated carbocycles. The van der Waals surface area contributed by atoms with Gasteiger partial charge in [-0.25, -0.2) is 14.6 Å². The van der Waals surface area contributed by atoms with Crippen LogP contribution in [0.2, 0.25) is 0 Å². The molecule has 198 valence electrons. The highest BCUT2D eigenvalue weighted by Crippen LogP contribution is 2.32. The largest absolute Gasteiger partial charge is 0.477 e. The molecular formula is C26H33N5O5S. The maximum absolute atomic E-state index is 12.7. The van der Waals surface area contributed by atoms with Crippen LogP contribution < -0.4 is 9.62 Å². The summed E-state index contributed by atoms with van der Waals surface area (Å²) >= 11 is 0. The van der Waals surface area contributed by atoms with Crippen molar-refractivity contribution < 1.29 is 23.8 Å². The first-order valence-corrected chi connectivity index (χ1v) is 13.7. The second-order valence-electron chi connectivity index (χ2n) is 10.2. The number of anilines is 1. The molecular weight excluding hydrogens is 494 g/mol. The van der Waals surface area contributed by atoms with Gasteiger partial charge in [-0.15, -0.1) is 19.6 Å². The number of benzene rings is 1. The van der Waals surface area contributed by atoms with Gasteiger partial charge in [0.1, 0.15) is 17.0 Å². The highest BCUT2D eigenvalue weighted by atomic mass is 32.2. The number of carbonyl (C=O) groups is 2. The minimum Gasteiger partial charge on any atom is -0.477 e. The quantitative estimate of drug-likeness (QED) is 0.408. The van der Waals surface area contributed by atoms with Crippen LogP contribution in [-0.2, 0) is 16.7 Å². The molecule has 3 aromatic rings. The summed E-state index contributed by atoms with van der Waals surface area (Å²) in [4.78, 5) is 28.7. The summed E-state index contributed by atoms with van der Waals surface area (Å²) in [5.41, 5.74) is -0.739. The molecule has 1 atom stereocenters. The average molecular weight is 528 g/mol. The Balaban J connectivity index is 2.06. The van der Waals surface area contributed by atoms with Gasteiger partial charge >= 0.3 is 12.1 Å². The molecule has 37 heavy (non-hydrogen) atoms. The summed E-state index contributed by atoms with van der Waals surface area (Å²) in [7, 11) is 0.0155. The van der Waals surface area contributed by atoms with Crippen LogP contribution in [0.25, 0.3) is 11.5 Å². The Morgan fingerprint density at radius 2 is 1.78 bits per heavy atom. The van der Waals surface area contributed by atoms with E-state index in [4.69, 9.17) is 9.15 Å². The van der Waals surface area contributed by atoms with Crippen molar-refractivity contribution in [3.8, 4) is 11.5 Å². The van der Waals surface area contributed by atoms with Gasteiger partial charge in [0.15, 0.2) is 5.69 Å². The van der Waals surface area contributed by atoms with E-state index in [1.54, 1.807) is 45.1 Å². The van der Waals surface area contributed by atoms with Gasteiger partial charge in [-0.3, -0.25) is 0 Å². The second kappa shape index (κ2) is 10.3. The lowest BCUT2D eigenvalue weighted by Crippen LogP contribution is -2.47. The number of aromatic nitrogens is 3. The zero-order valence-corrected chi connectivity index (χ0v) is 22.8. The Hall–Kier alpha value is -3.86. The molecule has 0 saturated heterocycles. The topological polar surface area (TPSA) is 131 Å². The number of ether oxygens (including phenoxy) is 1. The average Bonchev–Trinajstić information content (AvgIpc) is 3.28. The van der Waals surface area contributed by atoms with Crippen molar-refractivity contribution in [1.29, 1.82) is 0 Å². The fraction of sp³-hybridized carbons (Fsp3) is 0.346. The molecule has 1 aromatic carbocycles. The Morgan fingerprint density at radius 1 is 1.14 bits per heavy atom. The van der Waals surface area contributed by atoms with Crippen LogP contribution >= 0.6 is 9.39 Å². The smallest absolute Gasteiger partial charge is 0.408 e. The molecule has 0 aliphatic rings. The van der Waals surface area contributed by atoms with Crippen molar-refractivity contribution >= 4 is 39.0 Å². The van der Waals surface area contributed by atoms with Crippen LogP contribution in [-0.4, -0.2) is 63.0 Å². The van der Waals surface area contributed by atoms with Crippen molar-refractivity contribution in [3.63, 3.8) is 0 Å². The Morgan fingerprint density at radius 3 is 2.35 bits per heavy atom. The molecule has 1 unspecified atom stereocenters. The van der Waals surface area contributed by atoms with E-state index in [2.05, 4.69) is 32.2 Å². The minimum atomic E-state index is -1.73. The van der Waals surface area contributed by atoms with Gasteiger partial charge < -0.3 is 23.9 Å². The highest BCUT2D eigenvalue weighted by molar-refractivity contribution is 8.28. The molecule has 0 fully saturated rings. The van der Waals surface area contributed by atoms with E-state index in [-0.39, 0.29) is 17.5 Å². The lowest BCUT2D eigenvalue weighted by Gasteiger charge is -2.29. The van der Waals surface area contributed by atoms with Crippen LogP contribution in [0.5, 0.6) is 0 Å². The summed E-state index contributed by atoms with van der Waals surface area (Å²) in [5, 5.41) is 20.9. The summed E-state index contributed by atoms with van der Waals surface area (Å²) in [6.07, 6.45) is 1.55. The van der Waals surface area contributed by atoms with Gasteiger partial charge in [0, 0.05) is 19.0 Å². The SMILES string of the molecule is C=S(=C)(C)N(C)c1cc(-c2nnc(C(C)(Cc3ccccc3)NC(=O)OC(C)(C)C)o2)cc(C(=O)O)n1. The fourth-order valence-electron chi connectivity index (χ4n) is 3.41. The number of rotatable bonds is 8.